The first kappa shape index (κ1) is 9.24. The fourth-order valence-electron chi connectivity index (χ4n) is 1.78. The number of nitrogens with zero attached hydrogens (tertiary/aromatic N) is 2. The largest absolute Gasteiger partial charge is 0.476 e. The molecule has 2 rings (SSSR count). The SMILES string of the molecule is Cc1cc(C(=O)O)nn1[C@@H](C)C1CC1. The van der Waals surface area contributed by atoms with E-state index < -0.39 is 5.97 Å². The van der Waals surface area contributed by atoms with Crippen molar-refractivity contribution in [2.45, 2.75) is 32.7 Å². The molecule has 76 valence electrons. The van der Waals surface area contributed by atoms with E-state index in [1.54, 1.807) is 6.07 Å². The van der Waals surface area contributed by atoms with Gasteiger partial charge >= 0.3 is 5.97 Å². The standard InChI is InChI=1S/C10H14N2O2/c1-6-5-9(10(13)14)11-12(6)7(2)8-3-4-8/h5,7-8H,3-4H2,1-2H3,(H,13,14)/t7-/m0/s1. The summed E-state index contributed by atoms with van der Waals surface area (Å²) >= 11 is 0. The fourth-order valence-corrected chi connectivity index (χ4v) is 1.78. The van der Waals surface area contributed by atoms with Crippen molar-refractivity contribution < 1.29 is 9.90 Å². The Morgan fingerprint density at radius 3 is 2.79 bits per heavy atom. The number of aromatic carboxylic acids is 1. The van der Waals surface area contributed by atoms with E-state index in [9.17, 15) is 4.79 Å². The van der Waals surface area contributed by atoms with E-state index >= 15 is 0 Å². The number of aryl methyl sites for hydroxylation is 1. The van der Waals surface area contributed by atoms with E-state index in [1.165, 1.54) is 12.8 Å². The number of hydrogen-bond acceptors (Lipinski definition) is 2. The van der Waals surface area contributed by atoms with Gasteiger partial charge in [-0.3, -0.25) is 4.68 Å². The van der Waals surface area contributed by atoms with Gasteiger partial charge in [-0.25, -0.2) is 4.79 Å². The van der Waals surface area contributed by atoms with E-state index in [4.69, 9.17) is 5.11 Å². The van der Waals surface area contributed by atoms with Gasteiger partial charge in [0.1, 0.15) is 0 Å². The molecule has 1 saturated carbocycles. The zero-order chi connectivity index (χ0) is 10.3. The molecule has 0 unspecified atom stereocenters. The van der Waals surface area contributed by atoms with Gasteiger partial charge < -0.3 is 5.11 Å². The highest BCUT2D eigenvalue weighted by molar-refractivity contribution is 5.85. The minimum absolute atomic E-state index is 0.148. The first-order valence-corrected chi connectivity index (χ1v) is 4.89. The number of carbonyl (C=O) groups is 1. The fraction of sp³-hybridized carbons (Fsp3) is 0.600. The van der Waals surface area contributed by atoms with Crippen molar-refractivity contribution in [3.8, 4) is 0 Å². The van der Waals surface area contributed by atoms with Crippen molar-refractivity contribution in [2.24, 2.45) is 5.92 Å². The van der Waals surface area contributed by atoms with Gasteiger partial charge in [0.05, 0.1) is 6.04 Å². The Morgan fingerprint density at radius 2 is 2.36 bits per heavy atom. The van der Waals surface area contributed by atoms with E-state index in [2.05, 4.69) is 12.0 Å². The summed E-state index contributed by atoms with van der Waals surface area (Å²) in [5.74, 6) is -0.259. The Bertz CT molecular complexity index is 366. The van der Waals surface area contributed by atoms with Crippen LogP contribution in [0.1, 0.15) is 42.0 Å². The van der Waals surface area contributed by atoms with Crippen LogP contribution in [0.4, 0.5) is 0 Å². The van der Waals surface area contributed by atoms with Crippen molar-refractivity contribution in [1.29, 1.82) is 0 Å². The first-order valence-electron chi connectivity index (χ1n) is 4.89. The second-order valence-corrected chi connectivity index (χ2v) is 4.00. The van der Waals surface area contributed by atoms with Gasteiger partial charge in [0.25, 0.3) is 0 Å². The van der Waals surface area contributed by atoms with Gasteiger partial charge in [-0.2, -0.15) is 5.10 Å². The topological polar surface area (TPSA) is 55.1 Å². The minimum Gasteiger partial charge on any atom is -0.476 e. The molecule has 1 aromatic heterocycles. The number of aromatic nitrogens is 2. The average Bonchev–Trinajstić information content (AvgIpc) is 2.88. The summed E-state index contributed by atoms with van der Waals surface area (Å²) < 4.78 is 1.83. The van der Waals surface area contributed by atoms with Gasteiger partial charge in [0, 0.05) is 5.69 Å². The van der Waals surface area contributed by atoms with Crippen LogP contribution < -0.4 is 0 Å². The average molecular weight is 194 g/mol. The van der Waals surface area contributed by atoms with E-state index in [1.807, 2.05) is 11.6 Å². The predicted molar refractivity (Wildman–Crippen MR) is 51.4 cm³/mol. The summed E-state index contributed by atoms with van der Waals surface area (Å²) in [5, 5.41) is 12.9. The summed E-state index contributed by atoms with van der Waals surface area (Å²) in [5.41, 5.74) is 1.08. The van der Waals surface area contributed by atoms with Crippen LogP contribution >= 0.6 is 0 Å². The molecule has 14 heavy (non-hydrogen) atoms. The molecule has 1 atom stereocenters. The predicted octanol–water partition coefficient (Wildman–Crippen LogP) is 1.86. The highest BCUT2D eigenvalue weighted by atomic mass is 16.4. The third-order valence-electron chi connectivity index (χ3n) is 2.83. The Hall–Kier alpha value is -1.32. The monoisotopic (exact) mass is 194 g/mol. The van der Waals surface area contributed by atoms with Crippen molar-refractivity contribution >= 4 is 5.97 Å². The van der Waals surface area contributed by atoms with Gasteiger partial charge in [-0.05, 0) is 38.7 Å². The van der Waals surface area contributed by atoms with Gasteiger partial charge in [-0.15, -0.1) is 0 Å². The van der Waals surface area contributed by atoms with Crippen LogP contribution in [0.2, 0.25) is 0 Å². The molecule has 1 heterocycles. The Morgan fingerprint density at radius 1 is 1.71 bits per heavy atom. The quantitative estimate of drug-likeness (QED) is 0.799. The van der Waals surface area contributed by atoms with Crippen LogP contribution in [0.3, 0.4) is 0 Å². The second kappa shape index (κ2) is 3.12. The van der Waals surface area contributed by atoms with E-state index in [0.29, 0.717) is 12.0 Å². The van der Waals surface area contributed by atoms with Gasteiger partial charge in [0.15, 0.2) is 5.69 Å². The third-order valence-corrected chi connectivity index (χ3v) is 2.83. The lowest BCUT2D eigenvalue weighted by Crippen LogP contribution is -2.11. The lowest BCUT2D eigenvalue weighted by molar-refractivity contribution is 0.0689. The molecule has 0 aromatic carbocycles. The van der Waals surface area contributed by atoms with Gasteiger partial charge in [-0.1, -0.05) is 0 Å². The van der Waals surface area contributed by atoms with Crippen LogP contribution in [-0.4, -0.2) is 20.9 Å². The zero-order valence-electron chi connectivity index (χ0n) is 8.40. The molecule has 0 saturated heterocycles. The molecule has 4 nitrogen and oxygen atoms in total. The number of carboxylic acid groups (broad SMARTS) is 1. The molecule has 0 aliphatic heterocycles. The number of rotatable bonds is 3. The molecule has 1 aromatic rings. The molecule has 1 aliphatic rings. The lowest BCUT2D eigenvalue weighted by Gasteiger charge is -2.12. The summed E-state index contributed by atoms with van der Waals surface area (Å²) in [6.45, 7) is 4.00. The highest BCUT2D eigenvalue weighted by Crippen LogP contribution is 2.39. The lowest BCUT2D eigenvalue weighted by atomic mass is 10.2. The zero-order valence-corrected chi connectivity index (χ0v) is 8.40. The van der Waals surface area contributed by atoms with Crippen molar-refractivity contribution in [2.75, 3.05) is 0 Å². The maximum Gasteiger partial charge on any atom is 0.356 e. The Kier molecular flexibility index (Phi) is 2.06. The molecule has 0 spiro atoms. The molecule has 1 aliphatic carbocycles. The maximum atomic E-state index is 10.7. The normalized spacial score (nSPS) is 18.1. The second-order valence-electron chi connectivity index (χ2n) is 4.00. The van der Waals surface area contributed by atoms with E-state index in [-0.39, 0.29) is 5.69 Å². The summed E-state index contributed by atoms with van der Waals surface area (Å²) in [6.07, 6.45) is 2.48. The third kappa shape index (κ3) is 1.52. The van der Waals surface area contributed by atoms with E-state index in [0.717, 1.165) is 5.69 Å². The van der Waals surface area contributed by atoms with Crippen molar-refractivity contribution in [3.63, 3.8) is 0 Å². The van der Waals surface area contributed by atoms with Crippen molar-refractivity contribution in [3.05, 3.63) is 17.5 Å². The van der Waals surface area contributed by atoms with Crippen molar-refractivity contribution in [1.82, 2.24) is 9.78 Å². The van der Waals surface area contributed by atoms with Crippen LogP contribution in [0.15, 0.2) is 6.07 Å². The molecule has 4 heteroatoms. The summed E-state index contributed by atoms with van der Waals surface area (Å²) in [7, 11) is 0. The molecule has 0 bridgehead atoms. The molecule has 1 N–H and O–H groups in total. The van der Waals surface area contributed by atoms with Crippen LogP contribution in [0.25, 0.3) is 0 Å². The number of carboxylic acids is 1. The Balaban J connectivity index is 2.28. The molecule has 0 amide bonds. The summed E-state index contributed by atoms with van der Waals surface area (Å²) in [4.78, 5) is 10.7. The minimum atomic E-state index is -0.949. The smallest absolute Gasteiger partial charge is 0.356 e. The first-order chi connectivity index (χ1) is 6.59. The van der Waals surface area contributed by atoms with Crippen LogP contribution in [-0.2, 0) is 0 Å². The highest BCUT2D eigenvalue weighted by Gasteiger charge is 2.30. The Labute approximate surface area is 82.5 Å². The van der Waals surface area contributed by atoms with Gasteiger partial charge in [0.2, 0.25) is 0 Å². The summed E-state index contributed by atoms with van der Waals surface area (Å²) in [6, 6.07) is 1.96. The molecular formula is C10H14N2O2. The molecular weight excluding hydrogens is 180 g/mol. The maximum absolute atomic E-state index is 10.7. The van der Waals surface area contributed by atoms with Crippen LogP contribution in [0, 0.1) is 12.8 Å². The number of hydrogen-bond donors (Lipinski definition) is 1. The molecule has 1 fully saturated rings. The molecule has 0 radical (unpaired) electrons. The van der Waals surface area contributed by atoms with Crippen LogP contribution in [0.5, 0.6) is 0 Å².